The van der Waals surface area contributed by atoms with Gasteiger partial charge >= 0.3 is 0 Å². The Labute approximate surface area is 102 Å². The van der Waals surface area contributed by atoms with Crippen LogP contribution in [-0.2, 0) is 11.8 Å². The van der Waals surface area contributed by atoms with Crippen LogP contribution in [0.3, 0.4) is 0 Å². The molecule has 3 heteroatoms. The van der Waals surface area contributed by atoms with Gasteiger partial charge in [0.25, 0.3) is 0 Å². The summed E-state index contributed by atoms with van der Waals surface area (Å²) in [6.45, 7) is 2.19. The quantitative estimate of drug-likeness (QED) is 0.603. The molecule has 0 radical (unpaired) electrons. The smallest absolute Gasteiger partial charge is 0.0357 e. The normalized spacial score (nSPS) is 11.1. The first-order chi connectivity index (χ1) is 6.76. The van der Waals surface area contributed by atoms with Crippen LogP contribution < -0.4 is 0 Å². The van der Waals surface area contributed by atoms with Crippen LogP contribution in [0.2, 0.25) is 0 Å². The van der Waals surface area contributed by atoms with E-state index < -0.39 is 0 Å². The fraction of sp³-hybridized carbons (Fsp3) is 0.273. The Morgan fingerprint density at radius 3 is 2.86 bits per heavy atom. The number of aryl methyl sites for hydroxylation is 1. The molecule has 2 aromatic rings. The van der Waals surface area contributed by atoms with Gasteiger partial charge in [0, 0.05) is 25.2 Å². The highest BCUT2D eigenvalue weighted by Crippen LogP contribution is 2.33. The van der Waals surface area contributed by atoms with Gasteiger partial charge in [0.2, 0.25) is 0 Å². The van der Waals surface area contributed by atoms with E-state index in [-0.39, 0.29) is 0 Å². The molecule has 2 rings (SSSR count). The number of hydrogen-bond donors (Lipinski definition) is 1. The van der Waals surface area contributed by atoms with Crippen LogP contribution in [0.4, 0.5) is 0 Å². The summed E-state index contributed by atoms with van der Waals surface area (Å²) in [5, 5.41) is 2.17. The highest BCUT2D eigenvalue weighted by molar-refractivity contribution is 9.08. The molecule has 0 amide bonds. The molecule has 0 N–H and O–H groups in total. The van der Waals surface area contributed by atoms with Crippen molar-refractivity contribution in [2.75, 3.05) is 0 Å². The minimum atomic E-state index is 0.874. The molecule has 74 valence electrons. The molecule has 0 atom stereocenters. The zero-order chi connectivity index (χ0) is 10.1. The average molecular weight is 287 g/mol. The summed E-state index contributed by atoms with van der Waals surface area (Å²) in [4.78, 5) is 2.55. The van der Waals surface area contributed by atoms with Gasteiger partial charge in [0.15, 0.2) is 0 Å². The van der Waals surface area contributed by atoms with Crippen molar-refractivity contribution in [1.82, 2.24) is 0 Å². The van der Waals surface area contributed by atoms with Crippen LogP contribution >= 0.6 is 39.9 Å². The summed E-state index contributed by atoms with van der Waals surface area (Å²) in [7, 11) is 0. The van der Waals surface area contributed by atoms with Crippen molar-refractivity contribution in [3.8, 4) is 0 Å². The largest absolute Gasteiger partial charge is 0.142 e. The van der Waals surface area contributed by atoms with E-state index in [9.17, 15) is 0 Å². The van der Waals surface area contributed by atoms with Crippen LogP contribution in [0, 0.1) is 0 Å². The van der Waals surface area contributed by atoms with Gasteiger partial charge in [0.1, 0.15) is 0 Å². The first-order valence-corrected chi connectivity index (χ1v) is 6.94. The summed E-state index contributed by atoms with van der Waals surface area (Å²) in [6.07, 6.45) is 1.11. The maximum atomic E-state index is 4.57. The molecular weight excluding hydrogens is 276 g/mol. The number of thiol groups is 1. The van der Waals surface area contributed by atoms with Gasteiger partial charge in [-0.1, -0.05) is 28.9 Å². The molecule has 0 aliphatic carbocycles. The van der Waals surface area contributed by atoms with Crippen molar-refractivity contribution in [3.63, 3.8) is 0 Å². The lowest BCUT2D eigenvalue weighted by Gasteiger charge is -2.01. The van der Waals surface area contributed by atoms with Crippen molar-refractivity contribution in [1.29, 1.82) is 0 Å². The maximum Gasteiger partial charge on any atom is 0.0357 e. The van der Waals surface area contributed by atoms with E-state index in [1.54, 1.807) is 0 Å². The Kier molecular flexibility index (Phi) is 3.20. The number of alkyl halides is 1. The van der Waals surface area contributed by atoms with Crippen molar-refractivity contribution in [2.45, 2.75) is 23.6 Å². The lowest BCUT2D eigenvalue weighted by molar-refractivity contribution is 1.19. The Morgan fingerprint density at radius 2 is 2.21 bits per heavy atom. The molecule has 1 heterocycles. The predicted molar refractivity (Wildman–Crippen MR) is 71.1 cm³/mol. The van der Waals surface area contributed by atoms with Crippen LogP contribution in [0.5, 0.6) is 0 Å². The van der Waals surface area contributed by atoms with Gasteiger partial charge < -0.3 is 0 Å². The topological polar surface area (TPSA) is 0 Å². The molecular formula is C11H11BrS2. The zero-order valence-electron chi connectivity index (χ0n) is 7.88. The summed E-state index contributed by atoms with van der Waals surface area (Å²) in [5.74, 6) is 0. The van der Waals surface area contributed by atoms with Gasteiger partial charge in [-0.05, 0) is 24.1 Å². The summed E-state index contributed by atoms with van der Waals surface area (Å²) in [5.41, 5.74) is 1.27. The fourth-order valence-corrected chi connectivity index (χ4v) is 3.59. The number of thiophene rings is 1. The molecule has 0 nitrogen and oxygen atoms in total. The second kappa shape index (κ2) is 4.25. The number of rotatable bonds is 2. The van der Waals surface area contributed by atoms with E-state index >= 15 is 0 Å². The second-order valence-electron chi connectivity index (χ2n) is 3.19. The minimum absolute atomic E-state index is 0.874. The maximum absolute atomic E-state index is 4.57. The van der Waals surface area contributed by atoms with Crippen LogP contribution in [0.15, 0.2) is 23.1 Å². The standard InChI is InChI=1S/C11H11BrS2/c1-2-8-5-9-10(14-8)4-3-7(6-12)11(9)13/h3-5,13H,2,6H2,1H3. The number of hydrogen-bond acceptors (Lipinski definition) is 2. The van der Waals surface area contributed by atoms with Crippen molar-refractivity contribution in [3.05, 3.63) is 28.6 Å². The van der Waals surface area contributed by atoms with Gasteiger partial charge in [-0.3, -0.25) is 0 Å². The predicted octanol–water partition coefficient (Wildman–Crippen LogP) is 4.65. The molecule has 0 saturated heterocycles. The molecule has 0 aliphatic heterocycles. The number of fused-ring (bicyclic) bond motifs is 1. The lowest BCUT2D eigenvalue weighted by Crippen LogP contribution is -1.79. The highest BCUT2D eigenvalue weighted by Gasteiger charge is 2.06. The molecule has 1 aromatic carbocycles. The summed E-state index contributed by atoms with van der Waals surface area (Å²) >= 11 is 9.91. The molecule has 14 heavy (non-hydrogen) atoms. The number of halogens is 1. The molecule has 0 unspecified atom stereocenters. The van der Waals surface area contributed by atoms with E-state index in [1.807, 2.05) is 11.3 Å². The molecule has 0 aliphatic rings. The van der Waals surface area contributed by atoms with Crippen molar-refractivity contribution < 1.29 is 0 Å². The molecule has 0 fully saturated rings. The third-order valence-electron chi connectivity index (χ3n) is 2.30. The average Bonchev–Trinajstić information content (AvgIpc) is 2.62. The van der Waals surface area contributed by atoms with Crippen molar-refractivity contribution >= 4 is 50.0 Å². The Morgan fingerprint density at radius 1 is 1.43 bits per heavy atom. The van der Waals surface area contributed by atoms with Gasteiger partial charge in [0.05, 0.1) is 0 Å². The SMILES string of the molecule is CCc1cc2c(S)c(CBr)ccc2s1. The Hall–Kier alpha value is 0.01000. The summed E-state index contributed by atoms with van der Waals surface area (Å²) < 4.78 is 1.34. The van der Waals surface area contributed by atoms with E-state index in [4.69, 9.17) is 0 Å². The summed E-state index contributed by atoms with van der Waals surface area (Å²) in [6, 6.07) is 6.60. The first-order valence-electron chi connectivity index (χ1n) is 4.55. The Balaban J connectivity index is 2.68. The van der Waals surface area contributed by atoms with Crippen LogP contribution in [0.1, 0.15) is 17.4 Å². The monoisotopic (exact) mass is 286 g/mol. The minimum Gasteiger partial charge on any atom is -0.142 e. The molecule has 0 saturated carbocycles. The zero-order valence-corrected chi connectivity index (χ0v) is 11.2. The third-order valence-corrected chi connectivity index (χ3v) is 4.68. The lowest BCUT2D eigenvalue weighted by atomic mass is 10.2. The highest BCUT2D eigenvalue weighted by atomic mass is 79.9. The molecule has 0 spiro atoms. The fourth-order valence-electron chi connectivity index (χ4n) is 1.48. The van der Waals surface area contributed by atoms with Gasteiger partial charge in [-0.25, -0.2) is 0 Å². The van der Waals surface area contributed by atoms with E-state index in [0.29, 0.717) is 0 Å². The van der Waals surface area contributed by atoms with E-state index in [2.05, 4.69) is 53.7 Å². The first kappa shape index (κ1) is 10.5. The van der Waals surface area contributed by atoms with E-state index in [0.717, 1.165) is 16.6 Å². The van der Waals surface area contributed by atoms with Gasteiger partial charge in [-0.2, -0.15) is 0 Å². The third kappa shape index (κ3) is 1.73. The molecule has 0 bridgehead atoms. The molecule has 1 aromatic heterocycles. The van der Waals surface area contributed by atoms with Gasteiger partial charge in [-0.15, -0.1) is 24.0 Å². The second-order valence-corrected chi connectivity index (χ2v) is 5.36. The van der Waals surface area contributed by atoms with Crippen molar-refractivity contribution in [2.24, 2.45) is 0 Å². The Bertz CT molecular complexity index is 460. The van der Waals surface area contributed by atoms with Crippen LogP contribution in [0.25, 0.3) is 10.1 Å². The van der Waals surface area contributed by atoms with E-state index in [1.165, 1.54) is 20.5 Å². The van der Waals surface area contributed by atoms with Crippen LogP contribution in [-0.4, -0.2) is 0 Å². The number of benzene rings is 1.